The number of carbonyl (C=O) groups excluding carboxylic acids is 1. The van der Waals surface area contributed by atoms with Crippen molar-refractivity contribution in [3.05, 3.63) is 60.4 Å². The lowest BCUT2D eigenvalue weighted by Gasteiger charge is -2.43. The maximum absolute atomic E-state index is 12.4. The molecule has 1 amide bonds. The molecule has 136 valence electrons. The van der Waals surface area contributed by atoms with Crippen LogP contribution in [0.4, 0.5) is 5.69 Å². The topological polar surface area (TPSA) is 54.9 Å². The van der Waals surface area contributed by atoms with Crippen LogP contribution in [0.5, 0.6) is 0 Å². The maximum Gasteiger partial charge on any atom is 0.253 e. The van der Waals surface area contributed by atoms with Crippen LogP contribution in [0.1, 0.15) is 5.56 Å². The Morgan fingerprint density at radius 2 is 2.00 bits per heavy atom. The Morgan fingerprint density at radius 1 is 1.12 bits per heavy atom. The van der Waals surface area contributed by atoms with Crippen molar-refractivity contribution in [3.63, 3.8) is 0 Å². The van der Waals surface area contributed by atoms with Gasteiger partial charge in [-0.05, 0) is 23.8 Å². The van der Waals surface area contributed by atoms with Gasteiger partial charge in [0, 0.05) is 37.7 Å². The summed E-state index contributed by atoms with van der Waals surface area (Å²) in [6, 6.07) is 13.8. The summed E-state index contributed by atoms with van der Waals surface area (Å²) in [5.74, 6) is -0.00937. The fourth-order valence-electron chi connectivity index (χ4n) is 3.61. The summed E-state index contributed by atoms with van der Waals surface area (Å²) in [6.45, 7) is 4.08. The predicted octanol–water partition coefficient (Wildman–Crippen LogP) is 1.72. The first-order valence-corrected chi connectivity index (χ1v) is 8.93. The minimum absolute atomic E-state index is 0.00937. The molecule has 2 fully saturated rings. The van der Waals surface area contributed by atoms with E-state index in [1.165, 1.54) is 0 Å². The van der Waals surface area contributed by atoms with Gasteiger partial charge in [0.2, 0.25) is 0 Å². The number of pyridine rings is 1. The summed E-state index contributed by atoms with van der Waals surface area (Å²) in [7, 11) is 0. The Balaban J connectivity index is 1.53. The van der Waals surface area contributed by atoms with Crippen molar-refractivity contribution in [2.45, 2.75) is 12.1 Å². The maximum atomic E-state index is 12.4. The highest BCUT2D eigenvalue weighted by atomic mass is 16.6. The summed E-state index contributed by atoms with van der Waals surface area (Å²) in [4.78, 5) is 20.8. The normalized spacial score (nSPS) is 24.6. The fourth-order valence-corrected chi connectivity index (χ4v) is 3.61. The number of nitrogens with zero attached hydrogens (tertiary/aromatic N) is 3. The first kappa shape index (κ1) is 17.1. The average molecular weight is 353 g/mol. The molecule has 2 aliphatic rings. The van der Waals surface area contributed by atoms with Crippen molar-refractivity contribution in [1.29, 1.82) is 0 Å². The van der Waals surface area contributed by atoms with E-state index < -0.39 is 5.60 Å². The number of rotatable bonds is 3. The van der Waals surface area contributed by atoms with Crippen LogP contribution in [0.25, 0.3) is 0 Å². The van der Waals surface area contributed by atoms with E-state index in [0.717, 1.165) is 30.9 Å². The fraction of sp³-hybridized carbons (Fsp3) is 0.400. The first-order chi connectivity index (χ1) is 12.7. The third kappa shape index (κ3) is 3.77. The van der Waals surface area contributed by atoms with E-state index in [-0.39, 0.29) is 12.5 Å². The van der Waals surface area contributed by atoms with Crippen LogP contribution in [0, 0.1) is 0 Å². The van der Waals surface area contributed by atoms with Gasteiger partial charge in [0.25, 0.3) is 5.91 Å². The van der Waals surface area contributed by atoms with E-state index in [2.05, 4.69) is 16.0 Å². The van der Waals surface area contributed by atoms with Gasteiger partial charge in [-0.3, -0.25) is 14.7 Å². The Bertz CT molecular complexity index is 740. The van der Waals surface area contributed by atoms with E-state index in [4.69, 9.17) is 9.47 Å². The molecule has 1 aromatic heterocycles. The average Bonchev–Trinajstić information content (AvgIpc) is 2.88. The molecule has 4 rings (SSSR count). The number of benzene rings is 1. The molecule has 1 aromatic carbocycles. The number of amides is 1. The van der Waals surface area contributed by atoms with Crippen molar-refractivity contribution in [2.24, 2.45) is 0 Å². The molecular formula is C20H23N3O3. The van der Waals surface area contributed by atoms with E-state index in [1.54, 1.807) is 6.20 Å². The van der Waals surface area contributed by atoms with Crippen LogP contribution in [-0.2, 0) is 20.8 Å². The third-order valence-corrected chi connectivity index (χ3v) is 4.87. The molecule has 3 heterocycles. The van der Waals surface area contributed by atoms with Crippen LogP contribution in [0.15, 0.2) is 54.9 Å². The number of ether oxygens (including phenoxy) is 2. The quantitative estimate of drug-likeness (QED) is 0.841. The number of para-hydroxylation sites is 1. The predicted molar refractivity (Wildman–Crippen MR) is 97.8 cm³/mol. The van der Waals surface area contributed by atoms with Crippen molar-refractivity contribution in [1.82, 2.24) is 9.88 Å². The van der Waals surface area contributed by atoms with E-state index in [0.29, 0.717) is 19.8 Å². The van der Waals surface area contributed by atoms with Crippen LogP contribution < -0.4 is 4.90 Å². The molecule has 0 aliphatic carbocycles. The van der Waals surface area contributed by atoms with Crippen molar-refractivity contribution < 1.29 is 14.3 Å². The van der Waals surface area contributed by atoms with Crippen molar-refractivity contribution in [2.75, 3.05) is 44.4 Å². The lowest BCUT2D eigenvalue weighted by atomic mass is 10.0. The van der Waals surface area contributed by atoms with E-state index in [9.17, 15) is 4.79 Å². The third-order valence-electron chi connectivity index (χ3n) is 4.87. The Hall–Kier alpha value is -2.28. The molecule has 1 unspecified atom stereocenters. The summed E-state index contributed by atoms with van der Waals surface area (Å²) >= 11 is 0. The zero-order valence-corrected chi connectivity index (χ0v) is 14.7. The highest BCUT2D eigenvalue weighted by Crippen LogP contribution is 2.27. The molecule has 2 saturated heterocycles. The minimum Gasteiger partial charge on any atom is -0.377 e. The zero-order valence-electron chi connectivity index (χ0n) is 14.7. The van der Waals surface area contributed by atoms with Gasteiger partial charge < -0.3 is 14.4 Å². The monoisotopic (exact) mass is 353 g/mol. The lowest BCUT2D eigenvalue weighted by molar-refractivity contribution is -0.146. The Labute approximate surface area is 153 Å². The van der Waals surface area contributed by atoms with Gasteiger partial charge in [0.1, 0.15) is 12.2 Å². The number of morpholine rings is 1. The molecule has 0 N–H and O–H groups in total. The number of hydrogen-bond donors (Lipinski definition) is 0. The largest absolute Gasteiger partial charge is 0.377 e. The summed E-state index contributed by atoms with van der Waals surface area (Å²) in [5, 5.41) is 0. The molecule has 0 bridgehead atoms. The van der Waals surface area contributed by atoms with Crippen LogP contribution in [0.3, 0.4) is 0 Å². The molecule has 0 radical (unpaired) electrons. The summed E-state index contributed by atoms with van der Waals surface area (Å²) in [5.41, 5.74) is 1.56. The first-order valence-electron chi connectivity index (χ1n) is 8.93. The second kappa shape index (κ2) is 7.53. The molecule has 0 saturated carbocycles. The number of aromatic nitrogens is 1. The standard InChI is InChI=1S/C20H23N3O3/c24-19-13-26-20(15-23(19)18-6-2-1-3-7-18)14-22(9-10-25-16-20)12-17-5-4-8-21-11-17/h1-8,11H,9-10,12-16H2. The SMILES string of the molecule is O=C1COC2(COCCN(Cc3cccnc3)C2)CN1c1ccccc1. The number of anilines is 1. The second-order valence-corrected chi connectivity index (χ2v) is 6.91. The number of hydrogen-bond acceptors (Lipinski definition) is 5. The molecule has 2 aliphatic heterocycles. The number of carbonyl (C=O) groups is 1. The van der Waals surface area contributed by atoms with Crippen molar-refractivity contribution in [3.8, 4) is 0 Å². The summed E-state index contributed by atoms with van der Waals surface area (Å²) < 4.78 is 11.9. The van der Waals surface area contributed by atoms with Crippen LogP contribution >= 0.6 is 0 Å². The van der Waals surface area contributed by atoms with Gasteiger partial charge in [0.15, 0.2) is 0 Å². The lowest BCUT2D eigenvalue weighted by Crippen LogP contribution is -2.60. The second-order valence-electron chi connectivity index (χ2n) is 6.91. The van der Waals surface area contributed by atoms with Crippen LogP contribution in [0.2, 0.25) is 0 Å². The minimum atomic E-state index is -0.511. The van der Waals surface area contributed by atoms with Gasteiger partial charge >= 0.3 is 0 Å². The van der Waals surface area contributed by atoms with Gasteiger partial charge in [-0.2, -0.15) is 0 Å². The molecule has 6 nitrogen and oxygen atoms in total. The Morgan fingerprint density at radius 3 is 2.81 bits per heavy atom. The highest BCUT2D eigenvalue weighted by molar-refractivity contribution is 5.95. The molecular weight excluding hydrogens is 330 g/mol. The van der Waals surface area contributed by atoms with E-state index >= 15 is 0 Å². The molecule has 6 heteroatoms. The van der Waals surface area contributed by atoms with Gasteiger partial charge in [-0.15, -0.1) is 0 Å². The van der Waals surface area contributed by atoms with Crippen molar-refractivity contribution >= 4 is 11.6 Å². The van der Waals surface area contributed by atoms with Gasteiger partial charge in [-0.1, -0.05) is 24.3 Å². The van der Waals surface area contributed by atoms with Gasteiger partial charge in [0.05, 0.1) is 19.8 Å². The zero-order chi connectivity index (χ0) is 17.8. The summed E-state index contributed by atoms with van der Waals surface area (Å²) in [6.07, 6.45) is 3.67. The molecule has 1 spiro atoms. The molecule has 26 heavy (non-hydrogen) atoms. The molecule has 2 aromatic rings. The van der Waals surface area contributed by atoms with Crippen LogP contribution in [-0.4, -0.2) is 60.8 Å². The smallest absolute Gasteiger partial charge is 0.253 e. The Kier molecular flexibility index (Phi) is 4.97. The highest BCUT2D eigenvalue weighted by Gasteiger charge is 2.43. The van der Waals surface area contributed by atoms with Gasteiger partial charge in [-0.25, -0.2) is 0 Å². The van der Waals surface area contributed by atoms with E-state index in [1.807, 2.05) is 47.5 Å². The molecule has 1 atom stereocenters.